The van der Waals surface area contributed by atoms with Crippen molar-refractivity contribution in [2.24, 2.45) is 4.99 Å². The number of carbonyl (C=O) groups excluding carboxylic acids is 1. The van der Waals surface area contributed by atoms with Gasteiger partial charge in [-0.25, -0.2) is 4.99 Å². The van der Waals surface area contributed by atoms with Crippen molar-refractivity contribution in [3.8, 4) is 11.5 Å². The highest BCUT2D eigenvalue weighted by molar-refractivity contribution is 7.07. The predicted molar refractivity (Wildman–Crippen MR) is 179 cm³/mol. The number of fused-ring (bicyclic) bond motifs is 2. The highest BCUT2D eigenvalue weighted by Gasteiger charge is 2.36. The quantitative estimate of drug-likeness (QED) is 0.208. The van der Waals surface area contributed by atoms with Gasteiger partial charge in [-0.1, -0.05) is 84.1 Å². The van der Waals surface area contributed by atoms with Crippen LogP contribution in [0.15, 0.2) is 112 Å². The molecule has 4 aromatic carbocycles. The lowest BCUT2D eigenvalue weighted by Gasteiger charge is -2.30. The van der Waals surface area contributed by atoms with Crippen LogP contribution in [0.5, 0.6) is 11.5 Å². The number of amides is 1. The van der Waals surface area contributed by atoms with Crippen molar-refractivity contribution in [1.82, 2.24) is 9.47 Å². The standard InChI is InChI=1S/C37H35N3O4S/c1-5-39(6-2)36(42)32-24(3)38-37-40(34(32)33-29-18-11-10-16-27(29)19-20-30(33)43-4)35(41)31(45-37)22-26-15-12-17-28(21-26)44-23-25-13-8-7-9-14-25/h7-22,34H,5-6,23H2,1-4H3/b31-22+/t34-/m1/s1. The third kappa shape index (κ3) is 5.81. The van der Waals surface area contributed by atoms with E-state index in [9.17, 15) is 9.59 Å². The molecule has 8 heteroatoms. The van der Waals surface area contributed by atoms with E-state index in [0.717, 1.165) is 27.5 Å². The minimum absolute atomic E-state index is 0.140. The number of thiazole rings is 1. The summed E-state index contributed by atoms with van der Waals surface area (Å²) in [6, 6.07) is 28.8. The Labute approximate surface area is 266 Å². The number of aromatic nitrogens is 1. The maximum absolute atomic E-state index is 14.4. The Hall–Kier alpha value is -4.95. The Morgan fingerprint density at radius 1 is 0.978 bits per heavy atom. The van der Waals surface area contributed by atoms with Crippen LogP contribution in [0, 0.1) is 0 Å². The summed E-state index contributed by atoms with van der Waals surface area (Å²) in [5.74, 6) is 1.18. The van der Waals surface area contributed by atoms with Crippen molar-refractivity contribution < 1.29 is 14.3 Å². The Kier molecular flexibility index (Phi) is 8.67. The molecule has 5 aromatic rings. The van der Waals surface area contributed by atoms with Gasteiger partial charge < -0.3 is 14.4 Å². The molecule has 1 aliphatic rings. The topological polar surface area (TPSA) is 73.1 Å². The van der Waals surface area contributed by atoms with Crippen molar-refractivity contribution in [2.45, 2.75) is 33.4 Å². The van der Waals surface area contributed by atoms with Crippen molar-refractivity contribution in [3.05, 3.63) is 139 Å². The van der Waals surface area contributed by atoms with E-state index in [-0.39, 0.29) is 11.5 Å². The maximum atomic E-state index is 14.4. The van der Waals surface area contributed by atoms with Gasteiger partial charge in [0.25, 0.3) is 11.5 Å². The number of carbonyl (C=O) groups is 1. The first-order valence-electron chi connectivity index (χ1n) is 15.1. The molecule has 0 unspecified atom stereocenters. The van der Waals surface area contributed by atoms with Crippen LogP contribution in [0.1, 0.15) is 43.5 Å². The van der Waals surface area contributed by atoms with Crippen LogP contribution in [0.4, 0.5) is 0 Å². The van der Waals surface area contributed by atoms with Gasteiger partial charge in [0.1, 0.15) is 24.1 Å². The molecule has 1 amide bonds. The Bertz CT molecular complexity index is 2090. The second-order valence-electron chi connectivity index (χ2n) is 10.8. The average Bonchev–Trinajstić information content (AvgIpc) is 3.37. The Morgan fingerprint density at radius 3 is 2.49 bits per heavy atom. The van der Waals surface area contributed by atoms with E-state index in [1.807, 2.05) is 118 Å². The number of hydrogen-bond acceptors (Lipinski definition) is 6. The molecule has 0 radical (unpaired) electrons. The van der Waals surface area contributed by atoms with Crippen LogP contribution in [-0.4, -0.2) is 35.6 Å². The maximum Gasteiger partial charge on any atom is 0.271 e. The molecule has 0 saturated heterocycles. The number of hydrogen-bond donors (Lipinski definition) is 0. The van der Waals surface area contributed by atoms with E-state index in [0.29, 0.717) is 51.8 Å². The average molecular weight is 618 g/mol. The van der Waals surface area contributed by atoms with Crippen molar-refractivity contribution in [3.63, 3.8) is 0 Å². The second-order valence-corrected chi connectivity index (χ2v) is 11.8. The van der Waals surface area contributed by atoms with Gasteiger partial charge in [-0.2, -0.15) is 0 Å². The number of methoxy groups -OCH3 is 1. The van der Waals surface area contributed by atoms with Crippen molar-refractivity contribution in [1.29, 1.82) is 0 Å². The minimum Gasteiger partial charge on any atom is -0.496 e. The fraction of sp³-hybridized carbons (Fsp3) is 0.216. The van der Waals surface area contributed by atoms with Crippen molar-refractivity contribution in [2.75, 3.05) is 20.2 Å². The van der Waals surface area contributed by atoms with E-state index in [1.54, 1.807) is 16.6 Å². The van der Waals surface area contributed by atoms with Gasteiger partial charge in [0.05, 0.1) is 22.9 Å². The lowest BCUT2D eigenvalue weighted by Crippen LogP contribution is -2.43. The zero-order chi connectivity index (χ0) is 31.5. The largest absolute Gasteiger partial charge is 0.496 e. The molecule has 7 nitrogen and oxygen atoms in total. The smallest absolute Gasteiger partial charge is 0.271 e. The van der Waals surface area contributed by atoms with Crippen molar-refractivity contribution >= 4 is 34.1 Å². The lowest BCUT2D eigenvalue weighted by atomic mass is 9.90. The monoisotopic (exact) mass is 617 g/mol. The summed E-state index contributed by atoms with van der Waals surface area (Å²) in [5, 5.41) is 1.91. The molecular formula is C37H35N3O4S. The second kappa shape index (κ2) is 13.0. The lowest BCUT2D eigenvalue weighted by molar-refractivity contribution is -0.127. The number of nitrogens with zero attached hydrogens (tertiary/aromatic N) is 3. The summed E-state index contributed by atoms with van der Waals surface area (Å²) in [5.41, 5.74) is 3.53. The van der Waals surface area contributed by atoms with Gasteiger partial charge >= 0.3 is 0 Å². The van der Waals surface area contributed by atoms with E-state index < -0.39 is 6.04 Å². The third-order valence-corrected chi connectivity index (χ3v) is 9.11. The number of ether oxygens (including phenoxy) is 2. The van der Waals surface area contributed by atoms with Gasteiger partial charge in [0, 0.05) is 18.7 Å². The van der Waals surface area contributed by atoms with Gasteiger partial charge in [0.15, 0.2) is 4.80 Å². The van der Waals surface area contributed by atoms with Crippen LogP contribution in [0.2, 0.25) is 0 Å². The Morgan fingerprint density at radius 2 is 1.73 bits per heavy atom. The summed E-state index contributed by atoms with van der Waals surface area (Å²) >= 11 is 1.32. The molecule has 1 aliphatic heterocycles. The first-order valence-corrected chi connectivity index (χ1v) is 15.9. The number of rotatable bonds is 9. The van der Waals surface area contributed by atoms with E-state index >= 15 is 0 Å². The van der Waals surface area contributed by atoms with Crippen LogP contribution in [-0.2, 0) is 11.4 Å². The first kappa shape index (κ1) is 30.1. The summed E-state index contributed by atoms with van der Waals surface area (Å²) in [4.78, 5) is 35.7. The summed E-state index contributed by atoms with van der Waals surface area (Å²) < 4.78 is 14.1. The molecular weight excluding hydrogens is 582 g/mol. The Balaban J connectivity index is 1.51. The first-order chi connectivity index (χ1) is 21.9. The highest BCUT2D eigenvalue weighted by atomic mass is 32.1. The van der Waals surface area contributed by atoms with Crippen LogP contribution in [0.3, 0.4) is 0 Å². The molecule has 0 N–H and O–H groups in total. The third-order valence-electron chi connectivity index (χ3n) is 8.13. The summed E-state index contributed by atoms with van der Waals surface area (Å²) in [6.07, 6.45) is 1.86. The molecule has 6 rings (SSSR count). The molecule has 2 heterocycles. The number of likely N-dealkylation sites (N-methyl/N-ethyl adjacent to an activating group) is 1. The SMILES string of the molecule is CCN(CC)C(=O)C1=C(C)N=c2s/c(=C/c3cccc(OCc4ccccc4)c3)c(=O)n2[C@H]1c1c(OC)ccc2ccccc12. The predicted octanol–water partition coefficient (Wildman–Crippen LogP) is 5.84. The van der Waals surface area contributed by atoms with Gasteiger partial charge in [0.2, 0.25) is 0 Å². The molecule has 1 aromatic heterocycles. The van der Waals surface area contributed by atoms with E-state index in [2.05, 4.69) is 0 Å². The molecule has 0 aliphatic carbocycles. The molecule has 1 atom stereocenters. The van der Waals surface area contributed by atoms with E-state index in [1.165, 1.54) is 11.3 Å². The fourth-order valence-electron chi connectivity index (χ4n) is 5.87. The molecule has 0 saturated carbocycles. The van der Waals surface area contributed by atoms with Gasteiger partial charge in [-0.3, -0.25) is 14.2 Å². The van der Waals surface area contributed by atoms with Crippen LogP contribution >= 0.6 is 11.3 Å². The zero-order valence-corrected chi connectivity index (χ0v) is 26.6. The summed E-state index contributed by atoms with van der Waals surface area (Å²) in [7, 11) is 1.62. The molecule has 45 heavy (non-hydrogen) atoms. The molecule has 0 bridgehead atoms. The van der Waals surface area contributed by atoms with Gasteiger partial charge in [-0.15, -0.1) is 0 Å². The van der Waals surface area contributed by atoms with Crippen LogP contribution < -0.4 is 24.4 Å². The summed E-state index contributed by atoms with van der Waals surface area (Å²) in [6.45, 7) is 7.29. The fourth-order valence-corrected chi connectivity index (χ4v) is 6.92. The van der Waals surface area contributed by atoms with Gasteiger partial charge in [-0.05, 0) is 66.9 Å². The molecule has 228 valence electrons. The molecule has 0 fully saturated rings. The molecule has 0 spiro atoms. The van der Waals surface area contributed by atoms with E-state index in [4.69, 9.17) is 14.5 Å². The number of benzene rings is 4. The number of allylic oxidation sites excluding steroid dienone is 1. The minimum atomic E-state index is -0.724. The zero-order valence-electron chi connectivity index (χ0n) is 25.8. The van der Waals surface area contributed by atoms with Crippen LogP contribution in [0.25, 0.3) is 16.8 Å². The highest BCUT2D eigenvalue weighted by Crippen LogP contribution is 2.40. The normalized spacial score (nSPS) is 14.7.